The van der Waals surface area contributed by atoms with Crippen LogP contribution in [0.15, 0.2) is 38.6 Å². The topological polar surface area (TPSA) is 93.3 Å². The SMILES string of the molecule is COc1ccc(OC)c([C@@H]2CC(c3c(C)cc4oc(=O)c(C)c(C)c4c3O)=NN2)c1. The highest BCUT2D eigenvalue weighted by Crippen LogP contribution is 2.39. The summed E-state index contributed by atoms with van der Waals surface area (Å²) >= 11 is 0. The molecule has 0 fully saturated rings. The van der Waals surface area contributed by atoms with Gasteiger partial charge in [0.05, 0.1) is 31.4 Å². The number of hydrazone groups is 1. The molecule has 1 aromatic heterocycles. The molecule has 30 heavy (non-hydrogen) atoms. The highest BCUT2D eigenvalue weighted by molar-refractivity contribution is 6.09. The fraction of sp³-hybridized carbons (Fsp3) is 0.304. The van der Waals surface area contributed by atoms with Gasteiger partial charge in [-0.15, -0.1) is 0 Å². The summed E-state index contributed by atoms with van der Waals surface area (Å²) < 4.78 is 16.3. The van der Waals surface area contributed by atoms with Crippen molar-refractivity contribution in [2.24, 2.45) is 5.10 Å². The van der Waals surface area contributed by atoms with Crippen molar-refractivity contribution in [3.8, 4) is 17.2 Å². The second kappa shape index (κ2) is 7.40. The Kier molecular flexibility index (Phi) is 4.89. The van der Waals surface area contributed by atoms with Crippen molar-refractivity contribution in [1.29, 1.82) is 0 Å². The number of nitrogens with zero attached hydrogens (tertiary/aromatic N) is 1. The second-order valence-corrected chi connectivity index (χ2v) is 7.48. The zero-order chi connectivity index (χ0) is 21.6. The van der Waals surface area contributed by atoms with Crippen molar-refractivity contribution >= 4 is 16.7 Å². The number of methoxy groups -OCH3 is 2. The molecule has 2 aromatic carbocycles. The van der Waals surface area contributed by atoms with E-state index in [-0.39, 0.29) is 11.8 Å². The molecule has 3 aromatic rings. The predicted molar refractivity (Wildman–Crippen MR) is 115 cm³/mol. The third-order valence-electron chi connectivity index (χ3n) is 5.76. The third kappa shape index (κ3) is 3.07. The van der Waals surface area contributed by atoms with Crippen LogP contribution in [0.1, 0.15) is 40.3 Å². The van der Waals surface area contributed by atoms with Gasteiger partial charge in [0, 0.05) is 23.1 Å². The van der Waals surface area contributed by atoms with Gasteiger partial charge in [-0.3, -0.25) is 0 Å². The molecule has 0 bridgehead atoms. The van der Waals surface area contributed by atoms with Crippen molar-refractivity contribution in [3.05, 3.63) is 62.5 Å². The van der Waals surface area contributed by atoms with Crippen LogP contribution in [0, 0.1) is 20.8 Å². The molecule has 4 rings (SSSR count). The van der Waals surface area contributed by atoms with Gasteiger partial charge in [-0.1, -0.05) is 0 Å². The van der Waals surface area contributed by atoms with E-state index in [1.807, 2.05) is 32.0 Å². The Morgan fingerprint density at radius 3 is 2.60 bits per heavy atom. The zero-order valence-electron chi connectivity index (χ0n) is 17.6. The van der Waals surface area contributed by atoms with E-state index in [0.717, 1.165) is 28.3 Å². The van der Waals surface area contributed by atoms with Crippen LogP contribution in [0.4, 0.5) is 0 Å². The molecule has 156 valence electrons. The summed E-state index contributed by atoms with van der Waals surface area (Å²) in [6, 6.07) is 7.28. The second-order valence-electron chi connectivity index (χ2n) is 7.48. The van der Waals surface area contributed by atoms with E-state index in [4.69, 9.17) is 13.9 Å². The lowest BCUT2D eigenvalue weighted by atomic mass is 9.92. The van der Waals surface area contributed by atoms with Crippen LogP contribution in [0.5, 0.6) is 17.2 Å². The average molecular weight is 408 g/mol. The summed E-state index contributed by atoms with van der Waals surface area (Å²) in [6.07, 6.45) is 0.554. The fourth-order valence-electron chi connectivity index (χ4n) is 3.98. The molecule has 0 spiro atoms. The van der Waals surface area contributed by atoms with Crippen LogP contribution < -0.4 is 20.5 Å². The molecule has 0 aliphatic carbocycles. The zero-order valence-corrected chi connectivity index (χ0v) is 17.6. The van der Waals surface area contributed by atoms with Gasteiger partial charge in [0.1, 0.15) is 22.8 Å². The number of rotatable bonds is 4. The van der Waals surface area contributed by atoms with Crippen LogP contribution in [0.25, 0.3) is 11.0 Å². The van der Waals surface area contributed by atoms with E-state index < -0.39 is 5.63 Å². The van der Waals surface area contributed by atoms with Crippen molar-refractivity contribution in [2.45, 2.75) is 33.2 Å². The normalized spacial score (nSPS) is 15.8. The van der Waals surface area contributed by atoms with Gasteiger partial charge in [-0.2, -0.15) is 5.10 Å². The van der Waals surface area contributed by atoms with E-state index in [1.165, 1.54) is 0 Å². The van der Waals surface area contributed by atoms with Crippen LogP contribution in [-0.2, 0) is 0 Å². The van der Waals surface area contributed by atoms with Crippen LogP contribution in [0.2, 0.25) is 0 Å². The van der Waals surface area contributed by atoms with Crippen molar-refractivity contribution in [1.82, 2.24) is 5.43 Å². The quantitative estimate of drug-likeness (QED) is 0.637. The molecule has 1 atom stereocenters. The maximum atomic E-state index is 12.0. The molecular formula is C23H24N2O5. The Labute approximate surface area is 173 Å². The number of ether oxygens (including phenoxy) is 2. The summed E-state index contributed by atoms with van der Waals surface area (Å²) in [4.78, 5) is 12.0. The minimum absolute atomic E-state index is 0.0770. The van der Waals surface area contributed by atoms with Crippen LogP contribution in [0.3, 0.4) is 0 Å². The first-order valence-electron chi connectivity index (χ1n) is 9.66. The molecule has 7 nitrogen and oxygen atoms in total. The maximum Gasteiger partial charge on any atom is 0.339 e. The van der Waals surface area contributed by atoms with Crippen molar-refractivity contribution in [2.75, 3.05) is 14.2 Å². The largest absolute Gasteiger partial charge is 0.506 e. The molecule has 0 radical (unpaired) electrons. The molecular weight excluding hydrogens is 384 g/mol. The molecule has 0 saturated carbocycles. The number of nitrogens with one attached hydrogen (secondary N) is 1. The van der Waals surface area contributed by atoms with Gasteiger partial charge in [0.15, 0.2) is 0 Å². The summed E-state index contributed by atoms with van der Waals surface area (Å²) in [5.41, 5.74) is 7.41. The number of phenols is 1. The standard InChI is InChI=1S/C23H24N2O5/c1-11-8-19-21(12(2)13(3)23(27)30-19)22(26)20(11)17-10-16(24-25-17)15-9-14(28-4)6-7-18(15)29-5/h6-9,16,24,26H,10H2,1-5H3/t16-/m0/s1. The summed E-state index contributed by atoms with van der Waals surface area (Å²) in [6.45, 7) is 5.37. The maximum absolute atomic E-state index is 12.0. The molecule has 2 N–H and O–H groups in total. The lowest BCUT2D eigenvalue weighted by Crippen LogP contribution is -2.12. The van der Waals surface area contributed by atoms with Gasteiger partial charge in [0.2, 0.25) is 0 Å². The number of hydrogen-bond donors (Lipinski definition) is 2. The Morgan fingerprint density at radius 1 is 1.13 bits per heavy atom. The highest BCUT2D eigenvalue weighted by atomic mass is 16.5. The highest BCUT2D eigenvalue weighted by Gasteiger charge is 2.28. The fourth-order valence-corrected chi connectivity index (χ4v) is 3.98. The number of phenolic OH excluding ortho intramolecular Hbond substituents is 1. The first kappa shape index (κ1) is 19.8. The number of hydrogen-bond acceptors (Lipinski definition) is 7. The monoisotopic (exact) mass is 408 g/mol. The van der Waals surface area contributed by atoms with Crippen LogP contribution in [-0.4, -0.2) is 25.0 Å². The van der Waals surface area contributed by atoms with Crippen LogP contribution >= 0.6 is 0 Å². The third-order valence-corrected chi connectivity index (χ3v) is 5.76. The minimum Gasteiger partial charge on any atom is -0.506 e. The first-order valence-corrected chi connectivity index (χ1v) is 9.66. The molecule has 1 aliphatic heterocycles. The van der Waals surface area contributed by atoms with Gasteiger partial charge in [-0.25, -0.2) is 4.79 Å². The Hall–Kier alpha value is -3.48. The summed E-state index contributed by atoms with van der Waals surface area (Å²) in [5.74, 6) is 1.54. The van der Waals surface area contributed by atoms with Gasteiger partial charge < -0.3 is 24.4 Å². The number of aromatic hydroxyl groups is 1. The Balaban J connectivity index is 1.77. The molecule has 1 aliphatic rings. The van der Waals surface area contributed by atoms with Gasteiger partial charge in [-0.05, 0) is 56.2 Å². The summed E-state index contributed by atoms with van der Waals surface area (Å²) in [7, 11) is 3.25. The Morgan fingerprint density at radius 2 is 1.90 bits per heavy atom. The van der Waals surface area contributed by atoms with Gasteiger partial charge in [0.25, 0.3) is 0 Å². The van der Waals surface area contributed by atoms with E-state index in [0.29, 0.717) is 34.1 Å². The van der Waals surface area contributed by atoms with Gasteiger partial charge >= 0.3 is 5.63 Å². The average Bonchev–Trinajstić information content (AvgIpc) is 3.20. The predicted octanol–water partition coefficient (Wildman–Crippen LogP) is 3.88. The summed E-state index contributed by atoms with van der Waals surface area (Å²) in [5, 5.41) is 16.2. The lowest BCUT2D eigenvalue weighted by Gasteiger charge is -2.16. The molecule has 0 unspecified atom stereocenters. The van der Waals surface area contributed by atoms with E-state index in [1.54, 1.807) is 27.2 Å². The van der Waals surface area contributed by atoms with Crippen molar-refractivity contribution in [3.63, 3.8) is 0 Å². The molecule has 0 amide bonds. The number of benzene rings is 2. The van der Waals surface area contributed by atoms with E-state index in [2.05, 4.69) is 10.5 Å². The Bertz CT molecular complexity index is 1240. The van der Waals surface area contributed by atoms with Crippen molar-refractivity contribution < 1.29 is 19.0 Å². The molecule has 7 heteroatoms. The van der Waals surface area contributed by atoms with E-state index in [9.17, 15) is 9.90 Å². The first-order chi connectivity index (χ1) is 14.3. The lowest BCUT2D eigenvalue weighted by molar-refractivity contribution is 0.392. The number of fused-ring (bicyclic) bond motifs is 1. The minimum atomic E-state index is -0.392. The molecule has 0 saturated heterocycles. The smallest absolute Gasteiger partial charge is 0.339 e. The van der Waals surface area contributed by atoms with E-state index >= 15 is 0 Å². The molecule has 2 heterocycles. The number of aryl methyl sites for hydroxylation is 2.